The van der Waals surface area contributed by atoms with Gasteiger partial charge in [-0.1, -0.05) is 26.7 Å². The van der Waals surface area contributed by atoms with Crippen LogP contribution in [0.2, 0.25) is 0 Å². The Balaban J connectivity index is 2.26. The lowest BCUT2D eigenvalue weighted by atomic mass is 9.87. The van der Waals surface area contributed by atoms with Crippen molar-refractivity contribution in [2.24, 2.45) is 5.92 Å². The molecule has 2 fully saturated rings. The molecule has 0 aromatic carbocycles. The van der Waals surface area contributed by atoms with Crippen molar-refractivity contribution >= 4 is 11.8 Å². The van der Waals surface area contributed by atoms with Crippen molar-refractivity contribution < 1.29 is 14.3 Å². The highest BCUT2D eigenvalue weighted by Crippen LogP contribution is 2.38. The number of hydrogen-bond acceptors (Lipinski definition) is 3. The van der Waals surface area contributed by atoms with Gasteiger partial charge in [0.2, 0.25) is 11.8 Å². The van der Waals surface area contributed by atoms with Crippen molar-refractivity contribution in [2.75, 3.05) is 13.7 Å². The van der Waals surface area contributed by atoms with E-state index in [9.17, 15) is 9.59 Å². The first-order valence-corrected chi connectivity index (χ1v) is 8.06. The molecule has 1 saturated carbocycles. The quantitative estimate of drug-likeness (QED) is 0.840. The van der Waals surface area contributed by atoms with E-state index in [0.29, 0.717) is 18.9 Å². The molecule has 1 aliphatic carbocycles. The minimum atomic E-state index is -0.628. The summed E-state index contributed by atoms with van der Waals surface area (Å²) in [5.74, 6) is 0.473. The Hall–Kier alpha value is -1.10. The average molecular weight is 296 g/mol. The van der Waals surface area contributed by atoms with E-state index in [1.165, 1.54) is 0 Å². The summed E-state index contributed by atoms with van der Waals surface area (Å²) in [4.78, 5) is 27.4. The number of rotatable bonds is 5. The number of ether oxygens (including phenoxy) is 1. The molecule has 1 heterocycles. The standard InChI is InChI=1S/C16H28N2O3/c1-11(2)9-13-14(19)18(10-12(3)21-4)16(15(20)17-13)7-5-6-8-16/h11-13H,5-10H2,1-4H3,(H,17,20). The summed E-state index contributed by atoms with van der Waals surface area (Å²) in [6.07, 6.45) is 4.20. The molecule has 5 nitrogen and oxygen atoms in total. The molecular weight excluding hydrogens is 268 g/mol. The Labute approximate surface area is 127 Å². The predicted molar refractivity (Wildman–Crippen MR) is 80.8 cm³/mol. The molecule has 0 bridgehead atoms. The first-order chi connectivity index (χ1) is 9.90. The van der Waals surface area contributed by atoms with Crippen LogP contribution >= 0.6 is 0 Å². The van der Waals surface area contributed by atoms with E-state index < -0.39 is 5.54 Å². The van der Waals surface area contributed by atoms with Gasteiger partial charge in [0.15, 0.2) is 0 Å². The van der Waals surface area contributed by atoms with Gasteiger partial charge in [0.25, 0.3) is 0 Å². The summed E-state index contributed by atoms with van der Waals surface area (Å²) in [6.45, 7) is 6.58. The second-order valence-electron chi connectivity index (χ2n) is 6.89. The maximum atomic E-state index is 12.9. The van der Waals surface area contributed by atoms with Crippen LogP contribution in [-0.4, -0.2) is 48.1 Å². The van der Waals surface area contributed by atoms with E-state index in [-0.39, 0.29) is 24.0 Å². The zero-order valence-electron chi connectivity index (χ0n) is 13.6. The van der Waals surface area contributed by atoms with E-state index in [4.69, 9.17) is 4.74 Å². The molecule has 2 rings (SSSR count). The van der Waals surface area contributed by atoms with Gasteiger partial charge in [0.05, 0.1) is 6.10 Å². The third-order valence-electron chi connectivity index (χ3n) is 4.79. The lowest BCUT2D eigenvalue weighted by molar-refractivity contribution is -0.159. The fourth-order valence-electron chi connectivity index (χ4n) is 3.56. The van der Waals surface area contributed by atoms with Crippen LogP contribution in [0.25, 0.3) is 0 Å². The van der Waals surface area contributed by atoms with Gasteiger partial charge in [-0.2, -0.15) is 0 Å². The minimum absolute atomic E-state index is 0.0357. The van der Waals surface area contributed by atoms with Gasteiger partial charge in [-0.05, 0) is 32.1 Å². The first-order valence-electron chi connectivity index (χ1n) is 8.06. The second kappa shape index (κ2) is 6.34. The maximum absolute atomic E-state index is 12.9. The Morgan fingerprint density at radius 2 is 1.90 bits per heavy atom. The van der Waals surface area contributed by atoms with E-state index in [0.717, 1.165) is 25.7 Å². The monoisotopic (exact) mass is 296 g/mol. The molecule has 21 heavy (non-hydrogen) atoms. The van der Waals surface area contributed by atoms with Gasteiger partial charge < -0.3 is 15.0 Å². The van der Waals surface area contributed by atoms with Crippen LogP contribution in [-0.2, 0) is 14.3 Å². The molecule has 1 aliphatic heterocycles. The molecule has 1 spiro atoms. The van der Waals surface area contributed by atoms with E-state index in [1.54, 1.807) is 7.11 Å². The molecular formula is C16H28N2O3. The van der Waals surface area contributed by atoms with Gasteiger partial charge in [-0.15, -0.1) is 0 Å². The van der Waals surface area contributed by atoms with Crippen molar-refractivity contribution in [3.63, 3.8) is 0 Å². The van der Waals surface area contributed by atoms with Gasteiger partial charge in [0, 0.05) is 13.7 Å². The topological polar surface area (TPSA) is 58.6 Å². The predicted octanol–water partition coefficient (Wildman–Crippen LogP) is 1.71. The van der Waals surface area contributed by atoms with Crippen molar-refractivity contribution in [2.45, 2.75) is 70.6 Å². The van der Waals surface area contributed by atoms with Crippen LogP contribution in [0.4, 0.5) is 0 Å². The van der Waals surface area contributed by atoms with Crippen LogP contribution < -0.4 is 5.32 Å². The number of hydrogen-bond donors (Lipinski definition) is 1. The molecule has 2 amide bonds. The van der Waals surface area contributed by atoms with Crippen molar-refractivity contribution in [1.29, 1.82) is 0 Å². The van der Waals surface area contributed by atoms with Crippen LogP contribution in [0.1, 0.15) is 52.9 Å². The zero-order valence-corrected chi connectivity index (χ0v) is 13.6. The Bertz CT molecular complexity index is 402. The molecule has 1 N–H and O–H groups in total. The van der Waals surface area contributed by atoms with Gasteiger partial charge in [-0.3, -0.25) is 9.59 Å². The molecule has 0 radical (unpaired) electrons. The largest absolute Gasteiger partial charge is 0.380 e. The summed E-state index contributed by atoms with van der Waals surface area (Å²) < 4.78 is 5.33. The highest BCUT2D eigenvalue weighted by molar-refractivity contribution is 6.00. The smallest absolute Gasteiger partial charge is 0.246 e. The number of carbonyl (C=O) groups excluding carboxylic acids is 2. The second-order valence-corrected chi connectivity index (χ2v) is 6.89. The molecule has 1 saturated heterocycles. The van der Waals surface area contributed by atoms with Crippen LogP contribution in [0.3, 0.4) is 0 Å². The molecule has 2 aliphatic rings. The zero-order chi connectivity index (χ0) is 15.6. The Morgan fingerprint density at radius 1 is 1.29 bits per heavy atom. The summed E-state index contributed by atoms with van der Waals surface area (Å²) in [7, 11) is 1.64. The SMILES string of the molecule is COC(C)CN1C(=O)C(CC(C)C)NC(=O)C12CCCC2. The highest BCUT2D eigenvalue weighted by Gasteiger charge is 2.53. The van der Waals surface area contributed by atoms with Crippen molar-refractivity contribution in [1.82, 2.24) is 10.2 Å². The van der Waals surface area contributed by atoms with Crippen LogP contribution in [0.15, 0.2) is 0 Å². The fraction of sp³-hybridized carbons (Fsp3) is 0.875. The summed E-state index contributed by atoms with van der Waals surface area (Å²) >= 11 is 0. The highest BCUT2D eigenvalue weighted by atomic mass is 16.5. The lowest BCUT2D eigenvalue weighted by Gasteiger charge is -2.47. The Morgan fingerprint density at radius 3 is 2.43 bits per heavy atom. The average Bonchev–Trinajstić information content (AvgIpc) is 2.91. The molecule has 2 unspecified atom stereocenters. The normalized spacial score (nSPS) is 26.5. The van der Waals surface area contributed by atoms with Gasteiger partial charge in [-0.25, -0.2) is 0 Å². The molecule has 120 valence electrons. The first kappa shape index (κ1) is 16.3. The van der Waals surface area contributed by atoms with E-state index in [2.05, 4.69) is 19.2 Å². The van der Waals surface area contributed by atoms with E-state index >= 15 is 0 Å². The molecule has 2 atom stereocenters. The van der Waals surface area contributed by atoms with Crippen molar-refractivity contribution in [3.05, 3.63) is 0 Å². The number of piperazine rings is 1. The van der Waals surface area contributed by atoms with Gasteiger partial charge in [0.1, 0.15) is 11.6 Å². The number of nitrogens with one attached hydrogen (secondary N) is 1. The molecule has 0 aromatic heterocycles. The summed E-state index contributed by atoms with van der Waals surface area (Å²) in [5, 5.41) is 2.98. The Kier molecular flexibility index (Phi) is 4.91. The number of methoxy groups -OCH3 is 1. The third kappa shape index (κ3) is 3.07. The minimum Gasteiger partial charge on any atom is -0.380 e. The maximum Gasteiger partial charge on any atom is 0.246 e. The number of carbonyl (C=O) groups is 2. The van der Waals surface area contributed by atoms with Crippen LogP contribution in [0.5, 0.6) is 0 Å². The third-order valence-corrected chi connectivity index (χ3v) is 4.79. The summed E-state index contributed by atoms with van der Waals surface area (Å²) in [5.41, 5.74) is -0.628. The fourth-order valence-corrected chi connectivity index (χ4v) is 3.56. The van der Waals surface area contributed by atoms with Gasteiger partial charge >= 0.3 is 0 Å². The van der Waals surface area contributed by atoms with Crippen molar-refractivity contribution in [3.8, 4) is 0 Å². The molecule has 0 aromatic rings. The molecule has 5 heteroatoms. The van der Waals surface area contributed by atoms with Crippen LogP contribution in [0, 0.1) is 5.92 Å². The number of nitrogens with zero attached hydrogens (tertiary/aromatic N) is 1. The summed E-state index contributed by atoms with van der Waals surface area (Å²) in [6, 6.07) is -0.382. The van der Waals surface area contributed by atoms with E-state index in [1.807, 2.05) is 11.8 Å². The number of amides is 2. The lowest BCUT2D eigenvalue weighted by Crippen LogP contribution is -2.70.